The Morgan fingerprint density at radius 1 is 0.758 bits per heavy atom. The van der Waals surface area contributed by atoms with Crippen LogP contribution in [-0.2, 0) is 14.3 Å². The number of carbonyl (C=O) groups is 1. The zero-order valence-corrected chi connectivity index (χ0v) is 21.3. The number of hydrogen-bond acceptors (Lipinski definition) is 5. The fourth-order valence-electron chi connectivity index (χ4n) is 5.06. The van der Waals surface area contributed by atoms with E-state index in [9.17, 15) is 4.79 Å². The topological polar surface area (TPSA) is 94.6 Å². The summed E-state index contributed by atoms with van der Waals surface area (Å²) in [5, 5.41) is 20.8. The van der Waals surface area contributed by atoms with E-state index in [4.69, 9.17) is 19.7 Å². The van der Waals surface area contributed by atoms with E-state index in [-0.39, 0.29) is 31.3 Å². The van der Waals surface area contributed by atoms with Crippen molar-refractivity contribution >= 4 is 5.97 Å². The lowest BCUT2D eigenvalue weighted by Crippen LogP contribution is -2.40. The van der Waals surface area contributed by atoms with Crippen molar-refractivity contribution in [1.82, 2.24) is 5.32 Å². The normalized spacial score (nSPS) is 29.3. The van der Waals surface area contributed by atoms with Crippen molar-refractivity contribution in [3.63, 3.8) is 0 Å². The molecule has 6 nitrogen and oxygen atoms in total. The summed E-state index contributed by atoms with van der Waals surface area (Å²) in [6.07, 6.45) is 22.4. The Morgan fingerprint density at radius 3 is 1.61 bits per heavy atom. The summed E-state index contributed by atoms with van der Waals surface area (Å²) >= 11 is 0. The second-order valence-electron chi connectivity index (χ2n) is 10.3. The fraction of sp³-hybridized carbons (Fsp3) is 0.963. The first-order valence-corrected chi connectivity index (χ1v) is 14.0. The Bertz CT molecular complexity index is 489. The maximum Gasteiger partial charge on any atom is 0.306 e. The van der Waals surface area contributed by atoms with E-state index >= 15 is 0 Å². The number of nitrogens with one attached hydrogen (secondary N) is 1. The average Bonchev–Trinajstić information content (AvgIpc) is 3.75. The van der Waals surface area contributed by atoms with Gasteiger partial charge in [0.1, 0.15) is 6.10 Å². The van der Waals surface area contributed by atoms with Gasteiger partial charge < -0.3 is 25.0 Å². The molecule has 0 spiro atoms. The zero-order valence-electron chi connectivity index (χ0n) is 21.3. The van der Waals surface area contributed by atoms with Gasteiger partial charge in [0, 0.05) is 12.1 Å². The molecule has 194 valence electrons. The lowest BCUT2D eigenvalue weighted by atomic mass is 9.91. The van der Waals surface area contributed by atoms with E-state index in [1.807, 2.05) is 0 Å². The Labute approximate surface area is 202 Å². The number of epoxide rings is 2. The Balaban J connectivity index is 0.000000178. The summed E-state index contributed by atoms with van der Waals surface area (Å²) in [4.78, 5) is 10.2. The first-order chi connectivity index (χ1) is 16.1. The molecule has 0 radical (unpaired) electrons. The van der Waals surface area contributed by atoms with E-state index in [1.165, 1.54) is 77.0 Å². The smallest absolute Gasteiger partial charge is 0.306 e. The van der Waals surface area contributed by atoms with Crippen molar-refractivity contribution in [2.45, 2.75) is 160 Å². The van der Waals surface area contributed by atoms with Crippen LogP contribution in [0.1, 0.15) is 123 Å². The highest BCUT2D eigenvalue weighted by Crippen LogP contribution is 2.29. The quantitative estimate of drug-likeness (QED) is 0.341. The van der Waals surface area contributed by atoms with Crippen LogP contribution in [0, 0.1) is 0 Å². The number of rotatable bonds is 11. The molecule has 2 heterocycles. The maximum absolute atomic E-state index is 10.2. The van der Waals surface area contributed by atoms with Gasteiger partial charge in [0.2, 0.25) is 0 Å². The minimum absolute atomic E-state index is 0.0130. The number of aliphatic hydroxyl groups excluding tert-OH is 1. The van der Waals surface area contributed by atoms with Gasteiger partial charge >= 0.3 is 5.97 Å². The standard InChI is InChI=1S/C12H23N.C8H14O3.C7H14O2/c1-3-7-11(8-4-1)13-12-9-5-2-6-10-12;1-2-3-4-6-7(11-6)5-8(9)10;1-2-3-4-6-7(5-8)9-6/h11-13H,1-10H2;6-7H,2-5H2,1H3,(H,9,10);6-8H,2-5H2,1H3/t;2*6-,7-/m.11/s1. The highest BCUT2D eigenvalue weighted by atomic mass is 16.6. The third kappa shape index (κ3) is 13.1. The van der Waals surface area contributed by atoms with Gasteiger partial charge in [0.15, 0.2) is 0 Å². The molecule has 4 aliphatic rings. The number of carboxylic acids is 1. The fourth-order valence-corrected chi connectivity index (χ4v) is 5.06. The summed E-state index contributed by atoms with van der Waals surface area (Å²) < 4.78 is 10.3. The van der Waals surface area contributed by atoms with E-state index in [0.717, 1.165) is 37.8 Å². The lowest BCUT2D eigenvalue weighted by Gasteiger charge is -2.30. The number of carboxylic acid groups (broad SMARTS) is 1. The average molecular weight is 470 g/mol. The van der Waals surface area contributed by atoms with Gasteiger partial charge in [-0.05, 0) is 38.5 Å². The first kappa shape index (κ1) is 28.5. The molecule has 0 aromatic carbocycles. The molecule has 33 heavy (non-hydrogen) atoms. The van der Waals surface area contributed by atoms with Gasteiger partial charge in [0.05, 0.1) is 31.3 Å². The first-order valence-electron chi connectivity index (χ1n) is 14.0. The van der Waals surface area contributed by atoms with Crippen LogP contribution in [0.25, 0.3) is 0 Å². The summed E-state index contributed by atoms with van der Waals surface area (Å²) in [6, 6.07) is 1.74. The van der Waals surface area contributed by atoms with Crippen molar-refractivity contribution in [3.05, 3.63) is 0 Å². The van der Waals surface area contributed by atoms with Crippen LogP contribution in [0.4, 0.5) is 0 Å². The number of aliphatic hydroxyl groups is 1. The summed E-state index contributed by atoms with van der Waals surface area (Å²) in [6.45, 7) is 4.49. The molecular formula is C27H51NO5. The molecule has 4 fully saturated rings. The zero-order chi connectivity index (χ0) is 23.9. The number of unbranched alkanes of at least 4 members (excludes halogenated alkanes) is 2. The second kappa shape index (κ2) is 16.9. The Kier molecular flexibility index (Phi) is 14.6. The van der Waals surface area contributed by atoms with Crippen molar-refractivity contribution in [2.24, 2.45) is 0 Å². The molecule has 6 heteroatoms. The number of hydrogen-bond donors (Lipinski definition) is 3. The molecule has 0 unspecified atom stereocenters. The number of ether oxygens (including phenoxy) is 2. The highest BCUT2D eigenvalue weighted by molar-refractivity contribution is 5.67. The second-order valence-corrected chi connectivity index (χ2v) is 10.3. The lowest BCUT2D eigenvalue weighted by molar-refractivity contribution is -0.137. The minimum Gasteiger partial charge on any atom is -0.481 e. The molecular weight excluding hydrogens is 418 g/mol. The van der Waals surface area contributed by atoms with Gasteiger partial charge in [-0.3, -0.25) is 4.79 Å². The maximum atomic E-state index is 10.2. The van der Waals surface area contributed by atoms with Crippen LogP contribution in [0.2, 0.25) is 0 Å². The summed E-state index contributed by atoms with van der Waals surface area (Å²) in [5.41, 5.74) is 0. The van der Waals surface area contributed by atoms with Gasteiger partial charge in [-0.2, -0.15) is 0 Å². The van der Waals surface area contributed by atoms with E-state index in [2.05, 4.69) is 19.2 Å². The Morgan fingerprint density at radius 2 is 1.21 bits per heavy atom. The van der Waals surface area contributed by atoms with E-state index in [1.54, 1.807) is 0 Å². The Hall–Kier alpha value is -0.690. The predicted octanol–water partition coefficient (Wildman–Crippen LogP) is 5.60. The summed E-state index contributed by atoms with van der Waals surface area (Å²) in [7, 11) is 0. The van der Waals surface area contributed by atoms with Crippen molar-refractivity contribution in [3.8, 4) is 0 Å². The molecule has 2 saturated carbocycles. The molecule has 0 amide bonds. The van der Waals surface area contributed by atoms with Gasteiger partial charge in [-0.1, -0.05) is 78.1 Å². The van der Waals surface area contributed by atoms with Gasteiger partial charge in [-0.15, -0.1) is 0 Å². The van der Waals surface area contributed by atoms with Crippen LogP contribution in [0.5, 0.6) is 0 Å². The van der Waals surface area contributed by atoms with Crippen LogP contribution in [-0.4, -0.2) is 59.3 Å². The molecule has 4 atom stereocenters. The monoisotopic (exact) mass is 469 g/mol. The molecule has 3 N–H and O–H groups in total. The van der Waals surface area contributed by atoms with Crippen molar-refractivity contribution in [1.29, 1.82) is 0 Å². The molecule has 0 aromatic rings. The van der Waals surface area contributed by atoms with Crippen LogP contribution < -0.4 is 5.32 Å². The SMILES string of the molecule is C1CCC(NC2CCCCC2)CC1.CCCC[C@H]1O[C@@H]1CC(=O)O.CCCC[C@H]1O[C@@H]1CO. The molecule has 2 aliphatic carbocycles. The van der Waals surface area contributed by atoms with E-state index < -0.39 is 5.97 Å². The minimum atomic E-state index is -0.756. The van der Waals surface area contributed by atoms with Crippen LogP contribution in [0.3, 0.4) is 0 Å². The molecule has 0 bridgehead atoms. The predicted molar refractivity (Wildman–Crippen MR) is 133 cm³/mol. The third-order valence-electron chi connectivity index (χ3n) is 7.30. The molecule has 2 saturated heterocycles. The molecule has 2 aliphatic heterocycles. The van der Waals surface area contributed by atoms with Gasteiger partial charge in [-0.25, -0.2) is 0 Å². The molecule has 4 rings (SSSR count). The van der Waals surface area contributed by atoms with Crippen LogP contribution >= 0.6 is 0 Å². The number of aliphatic carboxylic acids is 1. The third-order valence-corrected chi connectivity index (χ3v) is 7.30. The van der Waals surface area contributed by atoms with Crippen molar-refractivity contribution < 1.29 is 24.5 Å². The largest absolute Gasteiger partial charge is 0.481 e. The van der Waals surface area contributed by atoms with Gasteiger partial charge in [0.25, 0.3) is 0 Å². The van der Waals surface area contributed by atoms with Crippen LogP contribution in [0.15, 0.2) is 0 Å². The molecule has 0 aromatic heterocycles. The summed E-state index contributed by atoms with van der Waals surface area (Å²) in [5.74, 6) is -0.756. The van der Waals surface area contributed by atoms with Crippen molar-refractivity contribution in [2.75, 3.05) is 6.61 Å². The van der Waals surface area contributed by atoms with E-state index in [0.29, 0.717) is 6.10 Å². The highest BCUT2D eigenvalue weighted by Gasteiger charge is 2.39.